The fourth-order valence-corrected chi connectivity index (χ4v) is 3.93. The zero-order valence-electron chi connectivity index (χ0n) is 15.2. The van der Waals surface area contributed by atoms with E-state index in [2.05, 4.69) is 15.2 Å². The molecule has 0 spiro atoms. The molecular formula is C19H17ClN6OS. The molecule has 142 valence electrons. The number of nitrogens with zero attached hydrogens (tertiary/aromatic N) is 5. The van der Waals surface area contributed by atoms with Crippen molar-refractivity contribution < 1.29 is 5.11 Å². The Morgan fingerprint density at radius 2 is 2.07 bits per heavy atom. The number of thiazole rings is 1. The smallest absolute Gasteiger partial charge is 0.155 e. The number of aryl methyl sites for hydroxylation is 2. The van der Waals surface area contributed by atoms with Crippen molar-refractivity contribution in [3.63, 3.8) is 0 Å². The molecule has 1 aliphatic rings. The predicted molar refractivity (Wildman–Crippen MR) is 112 cm³/mol. The second-order valence-corrected chi connectivity index (χ2v) is 7.66. The maximum atomic E-state index is 10.4. The number of benzene rings is 1. The van der Waals surface area contributed by atoms with Crippen LogP contribution in [0.15, 0.2) is 46.7 Å². The van der Waals surface area contributed by atoms with E-state index < -0.39 is 0 Å². The number of hydrogen-bond donors (Lipinski definition) is 2. The number of amidine groups is 1. The molecule has 0 aliphatic carbocycles. The third-order valence-corrected chi connectivity index (χ3v) is 5.44. The lowest BCUT2D eigenvalue weighted by Crippen LogP contribution is -2.20. The van der Waals surface area contributed by atoms with E-state index in [4.69, 9.17) is 17.0 Å². The number of aromatic nitrogens is 3. The van der Waals surface area contributed by atoms with Gasteiger partial charge in [-0.2, -0.15) is 10.2 Å². The first kappa shape index (κ1) is 18.4. The summed E-state index contributed by atoms with van der Waals surface area (Å²) in [6.45, 7) is 2.03. The minimum absolute atomic E-state index is 0.0852. The number of rotatable bonds is 4. The van der Waals surface area contributed by atoms with E-state index in [1.807, 2.05) is 37.7 Å². The van der Waals surface area contributed by atoms with Crippen LogP contribution in [0.3, 0.4) is 0 Å². The van der Waals surface area contributed by atoms with Crippen LogP contribution in [0.4, 0.5) is 0 Å². The molecule has 3 aromatic rings. The monoisotopic (exact) mass is 412 g/mol. The number of halogens is 1. The van der Waals surface area contributed by atoms with Gasteiger partial charge in [-0.25, -0.2) is 9.99 Å². The highest BCUT2D eigenvalue weighted by Crippen LogP contribution is 2.32. The van der Waals surface area contributed by atoms with Gasteiger partial charge in [0.2, 0.25) is 0 Å². The Hall–Kier alpha value is -2.97. The lowest BCUT2D eigenvalue weighted by Gasteiger charge is -2.10. The first-order chi connectivity index (χ1) is 13.4. The van der Waals surface area contributed by atoms with Gasteiger partial charge in [0.15, 0.2) is 5.84 Å². The number of hydrogen-bond acceptors (Lipinski definition) is 6. The molecule has 0 amide bonds. The summed E-state index contributed by atoms with van der Waals surface area (Å²) in [6, 6.07) is 7.40. The molecule has 0 saturated carbocycles. The molecule has 9 heteroatoms. The van der Waals surface area contributed by atoms with E-state index in [1.54, 1.807) is 23.0 Å². The maximum absolute atomic E-state index is 10.4. The van der Waals surface area contributed by atoms with Crippen LogP contribution in [0.2, 0.25) is 5.02 Å². The minimum Gasteiger partial charge on any atom is -0.509 e. The van der Waals surface area contributed by atoms with Gasteiger partial charge in [0, 0.05) is 34.8 Å². The van der Waals surface area contributed by atoms with E-state index in [9.17, 15) is 5.11 Å². The van der Waals surface area contributed by atoms with Crippen LogP contribution in [0.5, 0.6) is 0 Å². The Morgan fingerprint density at radius 1 is 1.32 bits per heavy atom. The predicted octanol–water partition coefficient (Wildman–Crippen LogP) is 4.10. The average Bonchev–Trinajstić information content (AvgIpc) is 3.32. The van der Waals surface area contributed by atoms with Crippen LogP contribution < -0.4 is 0 Å². The van der Waals surface area contributed by atoms with Gasteiger partial charge < -0.3 is 5.11 Å². The topological polar surface area (TPSA) is 90.4 Å². The lowest BCUT2D eigenvalue weighted by molar-refractivity contribution is 0.358. The zero-order valence-corrected chi connectivity index (χ0v) is 16.8. The molecule has 0 unspecified atom stereocenters. The van der Waals surface area contributed by atoms with Crippen molar-refractivity contribution in [2.45, 2.75) is 6.92 Å². The Kier molecular flexibility index (Phi) is 4.74. The Bertz CT molecular complexity index is 1110. The highest BCUT2D eigenvalue weighted by molar-refractivity contribution is 7.11. The summed E-state index contributed by atoms with van der Waals surface area (Å²) in [6.07, 6.45) is 3.50. The molecule has 0 bridgehead atoms. The molecule has 0 atom stereocenters. The van der Waals surface area contributed by atoms with Gasteiger partial charge >= 0.3 is 0 Å². The average molecular weight is 413 g/mol. The number of aliphatic hydroxyl groups excluding tert-OH is 1. The van der Waals surface area contributed by atoms with Crippen molar-refractivity contribution in [3.8, 4) is 11.3 Å². The van der Waals surface area contributed by atoms with Crippen LogP contribution >= 0.6 is 22.9 Å². The Balaban J connectivity index is 1.56. The summed E-state index contributed by atoms with van der Waals surface area (Å²) >= 11 is 7.32. The van der Waals surface area contributed by atoms with Crippen LogP contribution in [-0.2, 0) is 7.05 Å². The standard InChI is InChI=1S/C19H17ClN6OS/c1-11-13(8-25(2)24-11)7-22-26-9-16(27)17(18(26)21)19-23-15(10-28-19)12-3-5-14(20)6-4-12/h3-8,10,21,27H,9H2,1-2H3. The molecule has 28 heavy (non-hydrogen) atoms. The van der Waals surface area contributed by atoms with Gasteiger partial charge in [-0.05, 0) is 19.1 Å². The third kappa shape index (κ3) is 3.44. The molecule has 3 heterocycles. The lowest BCUT2D eigenvalue weighted by atomic mass is 10.2. The highest BCUT2D eigenvalue weighted by atomic mass is 35.5. The van der Waals surface area contributed by atoms with Gasteiger partial charge in [0.05, 0.1) is 23.2 Å². The summed E-state index contributed by atoms with van der Waals surface area (Å²) in [7, 11) is 1.84. The van der Waals surface area contributed by atoms with E-state index in [1.165, 1.54) is 16.3 Å². The summed E-state index contributed by atoms with van der Waals surface area (Å²) in [5.41, 5.74) is 3.82. The minimum atomic E-state index is 0.0852. The summed E-state index contributed by atoms with van der Waals surface area (Å²) in [5.74, 6) is 0.203. The van der Waals surface area contributed by atoms with Gasteiger partial charge in [-0.3, -0.25) is 10.1 Å². The second-order valence-electron chi connectivity index (χ2n) is 6.36. The number of hydrazone groups is 1. The number of nitrogens with one attached hydrogen (secondary N) is 1. The Morgan fingerprint density at radius 3 is 2.75 bits per heavy atom. The molecule has 0 saturated heterocycles. The third-order valence-electron chi connectivity index (χ3n) is 4.33. The van der Waals surface area contributed by atoms with Crippen LogP contribution in [0.25, 0.3) is 16.8 Å². The first-order valence-electron chi connectivity index (χ1n) is 8.47. The second kappa shape index (κ2) is 7.21. The molecule has 4 rings (SSSR count). The van der Waals surface area contributed by atoms with Gasteiger partial charge in [0.25, 0.3) is 0 Å². The molecule has 2 N–H and O–H groups in total. The fourth-order valence-electron chi connectivity index (χ4n) is 2.91. The van der Waals surface area contributed by atoms with Gasteiger partial charge in [-0.15, -0.1) is 11.3 Å². The van der Waals surface area contributed by atoms with Crippen molar-refractivity contribution in [1.29, 1.82) is 5.41 Å². The maximum Gasteiger partial charge on any atom is 0.155 e. The summed E-state index contributed by atoms with van der Waals surface area (Å²) in [4.78, 5) is 4.59. The van der Waals surface area contributed by atoms with E-state index in [0.29, 0.717) is 15.6 Å². The molecular weight excluding hydrogens is 396 g/mol. The van der Waals surface area contributed by atoms with Crippen LogP contribution in [0, 0.1) is 12.3 Å². The molecule has 0 radical (unpaired) electrons. The van der Waals surface area contributed by atoms with Gasteiger partial charge in [-0.1, -0.05) is 23.7 Å². The fraction of sp³-hybridized carbons (Fsp3) is 0.158. The quantitative estimate of drug-likeness (QED) is 0.631. The van der Waals surface area contributed by atoms with E-state index >= 15 is 0 Å². The Labute approximate surface area is 170 Å². The molecule has 2 aromatic heterocycles. The zero-order chi connectivity index (χ0) is 19.8. The van der Waals surface area contributed by atoms with Gasteiger partial charge in [0.1, 0.15) is 17.3 Å². The summed E-state index contributed by atoms with van der Waals surface area (Å²) in [5, 5.41) is 32.0. The van der Waals surface area contributed by atoms with Crippen molar-refractivity contribution >= 4 is 40.6 Å². The highest BCUT2D eigenvalue weighted by Gasteiger charge is 2.30. The molecule has 7 nitrogen and oxygen atoms in total. The molecule has 1 aromatic carbocycles. The van der Waals surface area contributed by atoms with Crippen molar-refractivity contribution in [2.24, 2.45) is 12.1 Å². The van der Waals surface area contributed by atoms with Crippen molar-refractivity contribution in [1.82, 2.24) is 19.8 Å². The SMILES string of the molecule is Cc1nn(C)cc1C=NN1CC(O)=C(c2nc(-c3ccc(Cl)cc3)cs2)C1=N. The normalized spacial score (nSPS) is 14.7. The van der Waals surface area contributed by atoms with Crippen LogP contribution in [0.1, 0.15) is 16.3 Å². The van der Waals surface area contributed by atoms with Crippen LogP contribution in [-0.4, -0.2) is 43.5 Å². The largest absolute Gasteiger partial charge is 0.509 e. The van der Waals surface area contributed by atoms with E-state index in [-0.39, 0.29) is 18.1 Å². The summed E-state index contributed by atoms with van der Waals surface area (Å²) < 4.78 is 1.71. The molecule has 1 aliphatic heterocycles. The van der Waals surface area contributed by atoms with Crippen molar-refractivity contribution in [2.75, 3.05) is 6.54 Å². The number of aliphatic hydroxyl groups is 1. The molecule has 0 fully saturated rings. The first-order valence-corrected chi connectivity index (χ1v) is 9.73. The van der Waals surface area contributed by atoms with E-state index in [0.717, 1.165) is 22.5 Å². The van der Waals surface area contributed by atoms with Crippen molar-refractivity contribution in [3.05, 3.63) is 62.9 Å².